The number of aryl methyl sites for hydroxylation is 2. The van der Waals surface area contributed by atoms with E-state index in [-0.39, 0.29) is 17.7 Å². The van der Waals surface area contributed by atoms with Crippen molar-refractivity contribution in [2.45, 2.75) is 38.5 Å². The number of nitrogens with zero attached hydrogens (tertiary/aromatic N) is 3. The lowest BCUT2D eigenvalue weighted by atomic mass is 9.72. The molecule has 2 aromatic carbocycles. The first-order valence-corrected chi connectivity index (χ1v) is 12.0. The van der Waals surface area contributed by atoms with Crippen LogP contribution in [0.15, 0.2) is 60.7 Å². The Morgan fingerprint density at radius 1 is 1.11 bits per heavy atom. The van der Waals surface area contributed by atoms with Crippen molar-refractivity contribution < 1.29 is 14.4 Å². The molecule has 0 bridgehead atoms. The molecule has 5 rings (SSSR count). The van der Waals surface area contributed by atoms with Gasteiger partial charge >= 0.3 is 0 Å². The van der Waals surface area contributed by atoms with Crippen LogP contribution < -0.4 is 10.6 Å². The molecule has 3 amide bonds. The van der Waals surface area contributed by atoms with Gasteiger partial charge in [-0.1, -0.05) is 49.4 Å². The molecule has 3 heterocycles. The van der Waals surface area contributed by atoms with Gasteiger partial charge in [-0.2, -0.15) is 5.10 Å². The van der Waals surface area contributed by atoms with Crippen molar-refractivity contribution >= 4 is 34.4 Å². The fourth-order valence-corrected chi connectivity index (χ4v) is 5.02. The summed E-state index contributed by atoms with van der Waals surface area (Å²) in [6.45, 7) is 3.81. The number of piperidine rings is 1. The van der Waals surface area contributed by atoms with Crippen LogP contribution >= 0.6 is 0 Å². The number of aromatic nitrogens is 3. The Morgan fingerprint density at radius 3 is 2.50 bits per heavy atom. The molecular weight excluding hydrogens is 454 g/mol. The number of imide groups is 1. The average Bonchev–Trinajstić information content (AvgIpc) is 3.18. The predicted octanol–water partition coefficient (Wildman–Crippen LogP) is 4.28. The van der Waals surface area contributed by atoms with Gasteiger partial charge in [-0.25, -0.2) is 4.98 Å². The highest BCUT2D eigenvalue weighted by molar-refractivity contribution is 6.13. The molecule has 4 aromatic rings. The molecule has 0 aliphatic carbocycles. The molecule has 0 spiro atoms. The van der Waals surface area contributed by atoms with E-state index in [1.807, 2.05) is 63.4 Å². The van der Waals surface area contributed by atoms with Crippen LogP contribution in [0.25, 0.3) is 22.3 Å². The standard InChI is InChI=1S/C28H27N5O3/c1-4-28(15-14-23(34)31-27(28)36)19-10-12-20(13-11-19)29-26(35)21-16-22(18-8-6-5-7-9-18)30-25-24(21)17(2)32-33(25)3/h5-13,16H,4,14-15H2,1-3H3,(H,29,35)(H,31,34,36). The summed E-state index contributed by atoms with van der Waals surface area (Å²) in [5, 5.41) is 10.6. The smallest absolute Gasteiger partial charge is 0.256 e. The Kier molecular flexibility index (Phi) is 5.88. The molecule has 2 N–H and O–H groups in total. The number of carbonyl (C=O) groups excluding carboxylic acids is 3. The summed E-state index contributed by atoms with van der Waals surface area (Å²) in [5.41, 5.74) is 4.14. The number of hydrogen-bond acceptors (Lipinski definition) is 5. The molecule has 36 heavy (non-hydrogen) atoms. The summed E-state index contributed by atoms with van der Waals surface area (Å²) in [6, 6.07) is 18.8. The van der Waals surface area contributed by atoms with Crippen molar-refractivity contribution in [2.75, 3.05) is 5.32 Å². The SMILES string of the molecule is CCC1(c2ccc(NC(=O)c3cc(-c4ccccc4)nc4c3c(C)nn4C)cc2)CCC(=O)NC1=O. The summed E-state index contributed by atoms with van der Waals surface area (Å²) in [7, 11) is 1.82. The molecule has 1 aliphatic rings. The van der Waals surface area contributed by atoms with Crippen LogP contribution in [0.2, 0.25) is 0 Å². The fourth-order valence-electron chi connectivity index (χ4n) is 5.02. The molecule has 1 unspecified atom stereocenters. The van der Waals surface area contributed by atoms with Crippen LogP contribution in [0.3, 0.4) is 0 Å². The first kappa shape index (κ1) is 23.4. The number of carbonyl (C=O) groups is 3. The van der Waals surface area contributed by atoms with Crippen molar-refractivity contribution in [3.8, 4) is 11.3 Å². The topological polar surface area (TPSA) is 106 Å². The molecule has 1 fully saturated rings. The maximum atomic E-state index is 13.5. The Balaban J connectivity index is 1.48. The Morgan fingerprint density at radius 2 is 1.83 bits per heavy atom. The number of hydrogen-bond donors (Lipinski definition) is 2. The molecule has 1 saturated heterocycles. The van der Waals surface area contributed by atoms with Gasteiger partial charge in [-0.05, 0) is 43.5 Å². The molecule has 1 aliphatic heterocycles. The molecule has 0 saturated carbocycles. The van der Waals surface area contributed by atoms with E-state index in [0.29, 0.717) is 47.2 Å². The second-order valence-electron chi connectivity index (χ2n) is 9.17. The van der Waals surface area contributed by atoms with Crippen molar-refractivity contribution in [3.05, 3.63) is 77.5 Å². The van der Waals surface area contributed by atoms with Gasteiger partial charge < -0.3 is 5.32 Å². The summed E-state index contributed by atoms with van der Waals surface area (Å²) >= 11 is 0. The minimum Gasteiger partial charge on any atom is -0.322 e. The highest BCUT2D eigenvalue weighted by Gasteiger charge is 2.42. The highest BCUT2D eigenvalue weighted by Crippen LogP contribution is 2.36. The van der Waals surface area contributed by atoms with Gasteiger partial charge in [0.2, 0.25) is 11.8 Å². The molecule has 8 heteroatoms. The maximum absolute atomic E-state index is 13.5. The minimum absolute atomic E-state index is 0.239. The Labute approximate surface area is 208 Å². The van der Waals surface area contributed by atoms with Gasteiger partial charge in [-0.3, -0.25) is 24.4 Å². The number of amides is 3. The first-order valence-electron chi connectivity index (χ1n) is 12.0. The van der Waals surface area contributed by atoms with E-state index in [1.165, 1.54) is 0 Å². The number of fused-ring (bicyclic) bond motifs is 1. The monoisotopic (exact) mass is 481 g/mol. The van der Waals surface area contributed by atoms with Gasteiger partial charge in [0.15, 0.2) is 5.65 Å². The molecule has 8 nitrogen and oxygen atoms in total. The number of anilines is 1. The Hall–Kier alpha value is -4.33. The number of benzene rings is 2. The zero-order valence-corrected chi connectivity index (χ0v) is 20.5. The largest absolute Gasteiger partial charge is 0.322 e. The summed E-state index contributed by atoms with van der Waals surface area (Å²) in [4.78, 5) is 42.6. The van der Waals surface area contributed by atoms with Crippen molar-refractivity contribution in [3.63, 3.8) is 0 Å². The van der Waals surface area contributed by atoms with Gasteiger partial charge in [-0.15, -0.1) is 0 Å². The van der Waals surface area contributed by atoms with Crippen molar-refractivity contribution in [2.24, 2.45) is 7.05 Å². The second kappa shape index (κ2) is 9.03. The van der Waals surface area contributed by atoms with Gasteiger partial charge in [0.05, 0.1) is 27.8 Å². The van der Waals surface area contributed by atoms with E-state index in [4.69, 9.17) is 4.98 Å². The number of pyridine rings is 1. The van der Waals surface area contributed by atoms with Gasteiger partial charge in [0, 0.05) is 24.7 Å². The lowest BCUT2D eigenvalue weighted by molar-refractivity contribution is -0.138. The molecule has 0 radical (unpaired) electrons. The normalized spacial score (nSPS) is 17.8. The third-order valence-corrected chi connectivity index (χ3v) is 7.05. The lowest BCUT2D eigenvalue weighted by Gasteiger charge is -2.35. The molecule has 2 aromatic heterocycles. The summed E-state index contributed by atoms with van der Waals surface area (Å²) < 4.78 is 1.69. The van der Waals surface area contributed by atoms with Crippen LogP contribution in [0.4, 0.5) is 5.69 Å². The van der Waals surface area contributed by atoms with E-state index < -0.39 is 5.41 Å². The zero-order chi connectivity index (χ0) is 25.4. The summed E-state index contributed by atoms with van der Waals surface area (Å²) in [5.74, 6) is -0.774. The minimum atomic E-state index is -0.745. The molecule has 1 atom stereocenters. The lowest BCUT2D eigenvalue weighted by Crippen LogP contribution is -2.51. The van der Waals surface area contributed by atoms with Crippen LogP contribution in [-0.2, 0) is 22.1 Å². The first-order chi connectivity index (χ1) is 17.3. The maximum Gasteiger partial charge on any atom is 0.256 e. The summed E-state index contributed by atoms with van der Waals surface area (Å²) in [6.07, 6.45) is 1.36. The van der Waals surface area contributed by atoms with Crippen molar-refractivity contribution in [1.29, 1.82) is 0 Å². The predicted molar refractivity (Wildman–Crippen MR) is 137 cm³/mol. The highest BCUT2D eigenvalue weighted by atomic mass is 16.2. The third-order valence-electron chi connectivity index (χ3n) is 7.05. The quantitative estimate of drug-likeness (QED) is 0.414. The van der Waals surface area contributed by atoms with E-state index in [0.717, 1.165) is 16.8 Å². The van der Waals surface area contributed by atoms with E-state index in [1.54, 1.807) is 22.9 Å². The zero-order valence-electron chi connectivity index (χ0n) is 20.5. The van der Waals surface area contributed by atoms with Crippen molar-refractivity contribution in [1.82, 2.24) is 20.1 Å². The van der Waals surface area contributed by atoms with Gasteiger partial charge in [0.25, 0.3) is 5.91 Å². The van der Waals surface area contributed by atoms with Gasteiger partial charge in [0.1, 0.15) is 0 Å². The fraction of sp³-hybridized carbons (Fsp3) is 0.250. The van der Waals surface area contributed by atoms with Crippen LogP contribution in [0.5, 0.6) is 0 Å². The van der Waals surface area contributed by atoms with Crippen LogP contribution in [-0.4, -0.2) is 32.5 Å². The van der Waals surface area contributed by atoms with E-state index >= 15 is 0 Å². The molecule has 182 valence electrons. The number of rotatable bonds is 5. The average molecular weight is 482 g/mol. The molecular formula is C28H27N5O3. The second-order valence-corrected chi connectivity index (χ2v) is 9.17. The van der Waals surface area contributed by atoms with E-state index in [9.17, 15) is 14.4 Å². The number of nitrogens with one attached hydrogen (secondary N) is 2. The third kappa shape index (κ3) is 3.94. The van der Waals surface area contributed by atoms with Crippen LogP contribution in [0, 0.1) is 6.92 Å². The van der Waals surface area contributed by atoms with Crippen LogP contribution in [0.1, 0.15) is 47.8 Å². The Bertz CT molecular complexity index is 1490. The van der Waals surface area contributed by atoms with E-state index in [2.05, 4.69) is 15.7 Å².